The van der Waals surface area contributed by atoms with Gasteiger partial charge in [-0.1, -0.05) is 4.49 Å². The SMILES string of the molecule is C[C@@H]1[C@H](N)CCCN1Cc1cnns1. The van der Waals surface area contributed by atoms with Gasteiger partial charge in [0.25, 0.3) is 0 Å². The Morgan fingerprint density at radius 1 is 1.71 bits per heavy atom. The topological polar surface area (TPSA) is 55.0 Å². The van der Waals surface area contributed by atoms with Crippen LogP contribution in [0.5, 0.6) is 0 Å². The third kappa shape index (κ3) is 2.10. The van der Waals surface area contributed by atoms with E-state index in [1.807, 2.05) is 6.20 Å². The van der Waals surface area contributed by atoms with Crippen molar-refractivity contribution in [1.82, 2.24) is 14.5 Å². The van der Waals surface area contributed by atoms with E-state index in [4.69, 9.17) is 5.73 Å². The number of nitrogens with two attached hydrogens (primary N) is 1. The van der Waals surface area contributed by atoms with Gasteiger partial charge in [-0.05, 0) is 37.8 Å². The summed E-state index contributed by atoms with van der Waals surface area (Å²) in [6.45, 7) is 4.30. The van der Waals surface area contributed by atoms with Crippen molar-refractivity contribution in [2.45, 2.75) is 38.4 Å². The summed E-state index contributed by atoms with van der Waals surface area (Å²) >= 11 is 1.48. The van der Waals surface area contributed by atoms with E-state index >= 15 is 0 Å². The van der Waals surface area contributed by atoms with Gasteiger partial charge in [-0.3, -0.25) is 4.90 Å². The van der Waals surface area contributed by atoms with Crippen LogP contribution in [-0.4, -0.2) is 33.1 Å². The van der Waals surface area contributed by atoms with Crippen molar-refractivity contribution in [3.63, 3.8) is 0 Å². The molecule has 5 heteroatoms. The van der Waals surface area contributed by atoms with E-state index < -0.39 is 0 Å². The fourth-order valence-electron chi connectivity index (χ4n) is 1.93. The minimum atomic E-state index is 0.324. The van der Waals surface area contributed by atoms with Gasteiger partial charge in [0.15, 0.2) is 0 Å². The lowest BCUT2D eigenvalue weighted by Crippen LogP contribution is -2.49. The van der Waals surface area contributed by atoms with Crippen molar-refractivity contribution in [3.05, 3.63) is 11.1 Å². The molecule has 4 nitrogen and oxygen atoms in total. The molecule has 1 saturated heterocycles. The molecule has 14 heavy (non-hydrogen) atoms. The Labute approximate surface area is 88.3 Å². The maximum Gasteiger partial charge on any atom is 0.0666 e. The van der Waals surface area contributed by atoms with Crippen LogP contribution in [0.3, 0.4) is 0 Å². The summed E-state index contributed by atoms with van der Waals surface area (Å²) in [4.78, 5) is 3.65. The lowest BCUT2D eigenvalue weighted by atomic mass is 9.98. The first-order valence-electron chi connectivity index (χ1n) is 5.03. The van der Waals surface area contributed by atoms with Crippen molar-refractivity contribution < 1.29 is 0 Å². The van der Waals surface area contributed by atoms with Crippen molar-refractivity contribution in [2.24, 2.45) is 5.73 Å². The Morgan fingerprint density at radius 2 is 2.57 bits per heavy atom. The molecule has 0 unspecified atom stereocenters. The molecule has 1 aliphatic rings. The highest BCUT2D eigenvalue weighted by molar-refractivity contribution is 7.05. The quantitative estimate of drug-likeness (QED) is 0.789. The zero-order valence-electron chi connectivity index (χ0n) is 8.39. The highest BCUT2D eigenvalue weighted by atomic mass is 32.1. The number of likely N-dealkylation sites (tertiary alicyclic amines) is 1. The highest BCUT2D eigenvalue weighted by Gasteiger charge is 2.25. The third-order valence-corrected chi connectivity index (χ3v) is 3.59. The van der Waals surface area contributed by atoms with Gasteiger partial charge in [0.05, 0.1) is 11.1 Å². The predicted molar refractivity (Wildman–Crippen MR) is 57.0 cm³/mol. The van der Waals surface area contributed by atoms with Crippen LogP contribution >= 0.6 is 11.5 Å². The minimum absolute atomic E-state index is 0.324. The number of piperidine rings is 1. The van der Waals surface area contributed by atoms with Crippen LogP contribution in [0.15, 0.2) is 6.20 Å². The van der Waals surface area contributed by atoms with Crippen molar-refractivity contribution in [2.75, 3.05) is 6.54 Å². The first-order chi connectivity index (χ1) is 6.77. The average Bonchev–Trinajstić information content (AvgIpc) is 2.66. The van der Waals surface area contributed by atoms with Crippen LogP contribution in [0.2, 0.25) is 0 Å². The molecule has 0 aromatic carbocycles. The molecule has 78 valence electrons. The van der Waals surface area contributed by atoms with Gasteiger partial charge < -0.3 is 5.73 Å². The Kier molecular flexibility index (Phi) is 3.10. The summed E-state index contributed by atoms with van der Waals surface area (Å²) in [5.41, 5.74) is 6.03. The fourth-order valence-corrected chi connectivity index (χ4v) is 2.44. The van der Waals surface area contributed by atoms with E-state index in [1.54, 1.807) is 0 Å². The van der Waals surface area contributed by atoms with E-state index in [9.17, 15) is 0 Å². The molecule has 1 aliphatic heterocycles. The molecule has 0 radical (unpaired) electrons. The Hall–Kier alpha value is -0.520. The lowest BCUT2D eigenvalue weighted by molar-refractivity contribution is 0.134. The van der Waals surface area contributed by atoms with Gasteiger partial charge in [0.1, 0.15) is 0 Å². The molecule has 0 saturated carbocycles. The average molecular weight is 212 g/mol. The van der Waals surface area contributed by atoms with Gasteiger partial charge in [-0.2, -0.15) is 0 Å². The van der Waals surface area contributed by atoms with E-state index in [2.05, 4.69) is 21.4 Å². The molecule has 1 aromatic heterocycles. The molecule has 1 fully saturated rings. The van der Waals surface area contributed by atoms with E-state index in [1.165, 1.54) is 22.8 Å². The molecule has 0 bridgehead atoms. The maximum atomic E-state index is 6.03. The largest absolute Gasteiger partial charge is 0.326 e. The van der Waals surface area contributed by atoms with Crippen LogP contribution in [0.25, 0.3) is 0 Å². The number of nitrogens with zero attached hydrogens (tertiary/aromatic N) is 3. The van der Waals surface area contributed by atoms with Crippen molar-refractivity contribution >= 4 is 11.5 Å². The van der Waals surface area contributed by atoms with Crippen molar-refractivity contribution in [3.8, 4) is 0 Å². The number of aromatic nitrogens is 2. The van der Waals surface area contributed by atoms with Gasteiger partial charge in [0, 0.05) is 18.6 Å². The third-order valence-electron chi connectivity index (χ3n) is 2.94. The zero-order valence-corrected chi connectivity index (χ0v) is 9.20. The first-order valence-corrected chi connectivity index (χ1v) is 5.80. The summed E-state index contributed by atoms with van der Waals surface area (Å²) in [7, 11) is 0. The molecular weight excluding hydrogens is 196 g/mol. The first kappa shape index (κ1) is 10.0. The number of hydrogen-bond acceptors (Lipinski definition) is 5. The van der Waals surface area contributed by atoms with E-state index in [0.717, 1.165) is 19.5 Å². The second kappa shape index (κ2) is 4.33. The van der Waals surface area contributed by atoms with Gasteiger partial charge >= 0.3 is 0 Å². The van der Waals surface area contributed by atoms with E-state index in [0.29, 0.717) is 12.1 Å². The second-order valence-corrected chi connectivity index (χ2v) is 4.77. The zero-order chi connectivity index (χ0) is 9.97. The number of hydrogen-bond donors (Lipinski definition) is 1. The molecule has 2 rings (SSSR count). The maximum absolute atomic E-state index is 6.03. The smallest absolute Gasteiger partial charge is 0.0666 e. The molecule has 2 atom stereocenters. The summed E-state index contributed by atoms with van der Waals surface area (Å²) in [5.74, 6) is 0. The van der Waals surface area contributed by atoms with Crippen LogP contribution < -0.4 is 5.73 Å². The molecule has 0 aliphatic carbocycles. The standard InChI is InChI=1S/C9H16N4S/c1-7-9(10)3-2-4-13(7)6-8-5-11-12-14-8/h5,7,9H,2-4,6,10H2,1H3/t7-,9-/m1/s1. The molecule has 0 spiro atoms. The Bertz CT molecular complexity index is 274. The Balaban J connectivity index is 1.97. The summed E-state index contributed by atoms with van der Waals surface area (Å²) in [6, 6.07) is 0.801. The highest BCUT2D eigenvalue weighted by Crippen LogP contribution is 2.19. The summed E-state index contributed by atoms with van der Waals surface area (Å²) in [5, 5.41) is 3.84. The Morgan fingerprint density at radius 3 is 3.29 bits per heavy atom. The van der Waals surface area contributed by atoms with Gasteiger partial charge in [-0.15, -0.1) is 5.10 Å². The molecule has 0 amide bonds. The van der Waals surface area contributed by atoms with Crippen molar-refractivity contribution in [1.29, 1.82) is 0 Å². The van der Waals surface area contributed by atoms with E-state index in [-0.39, 0.29) is 0 Å². The minimum Gasteiger partial charge on any atom is -0.326 e. The normalized spacial score (nSPS) is 29.3. The van der Waals surface area contributed by atoms with Crippen LogP contribution in [0.1, 0.15) is 24.6 Å². The summed E-state index contributed by atoms with van der Waals surface area (Å²) < 4.78 is 3.87. The van der Waals surface area contributed by atoms with Gasteiger partial charge in [0.2, 0.25) is 0 Å². The van der Waals surface area contributed by atoms with Crippen LogP contribution in [-0.2, 0) is 6.54 Å². The predicted octanol–water partition coefficient (Wildman–Crippen LogP) is 0.850. The van der Waals surface area contributed by atoms with Gasteiger partial charge in [-0.25, -0.2) is 0 Å². The van der Waals surface area contributed by atoms with Crippen LogP contribution in [0, 0.1) is 0 Å². The molecule has 2 N–H and O–H groups in total. The summed E-state index contributed by atoms with van der Waals surface area (Å²) in [6.07, 6.45) is 4.20. The lowest BCUT2D eigenvalue weighted by Gasteiger charge is -2.37. The molecular formula is C9H16N4S. The fraction of sp³-hybridized carbons (Fsp3) is 0.778. The molecule has 2 heterocycles. The second-order valence-electron chi connectivity index (χ2n) is 3.90. The van der Waals surface area contributed by atoms with Crippen LogP contribution in [0.4, 0.5) is 0 Å². The number of rotatable bonds is 2. The molecule has 1 aromatic rings. The monoisotopic (exact) mass is 212 g/mol.